The molecule has 9 heteroatoms. The zero-order valence-corrected chi connectivity index (χ0v) is 20.5. The average Bonchev–Trinajstić information content (AvgIpc) is 2.64. The predicted octanol–water partition coefficient (Wildman–Crippen LogP) is 2.86. The summed E-state index contributed by atoms with van der Waals surface area (Å²) in [4.78, 5) is 25.8. The molecular weight excluding hydrogens is 524 g/mol. The van der Waals surface area contributed by atoms with Crippen LogP contribution in [0.15, 0.2) is 69.6 Å². The highest BCUT2D eigenvalue weighted by molar-refractivity contribution is 9.10. The third-order valence-electron chi connectivity index (χ3n) is 4.27. The summed E-state index contributed by atoms with van der Waals surface area (Å²) < 4.78 is 26.8. The van der Waals surface area contributed by atoms with E-state index in [0.29, 0.717) is 11.1 Å². The van der Waals surface area contributed by atoms with Crippen molar-refractivity contribution >= 4 is 53.5 Å². The molecule has 2 aliphatic rings. The fraction of sp³-hybridized carbons (Fsp3) is 0.300. The van der Waals surface area contributed by atoms with Gasteiger partial charge in [-0.2, -0.15) is 0 Å². The summed E-state index contributed by atoms with van der Waals surface area (Å²) in [6.45, 7) is 0. The van der Waals surface area contributed by atoms with Gasteiger partial charge in [-0.1, -0.05) is 56.2 Å². The fourth-order valence-corrected chi connectivity index (χ4v) is 6.50. The molecule has 0 bridgehead atoms. The van der Waals surface area contributed by atoms with Gasteiger partial charge in [0.1, 0.15) is 0 Å². The predicted molar refractivity (Wildman–Crippen MR) is 122 cm³/mol. The van der Waals surface area contributed by atoms with E-state index in [0.717, 1.165) is 0 Å². The van der Waals surface area contributed by atoms with E-state index in [1.54, 1.807) is 52.5 Å². The molecular formula is C20H22Br2N2O4S. The van der Waals surface area contributed by atoms with Crippen LogP contribution in [0.1, 0.15) is 0 Å². The van der Waals surface area contributed by atoms with Crippen molar-refractivity contribution in [3.8, 4) is 0 Å². The summed E-state index contributed by atoms with van der Waals surface area (Å²) in [7, 11) is 2.63. The van der Waals surface area contributed by atoms with Crippen molar-refractivity contribution in [2.24, 2.45) is 0 Å². The second-order valence-corrected chi connectivity index (χ2v) is 10.6. The first-order valence-electron chi connectivity index (χ1n) is 8.62. The van der Waals surface area contributed by atoms with Crippen molar-refractivity contribution in [3.05, 3.63) is 69.6 Å². The standard InChI is InChI=1S/C20H22Br2N2O4S/c1-23(2)17(25)11-13-7-5-9-15(19(13)21)29(27,28)16-10-6-8-14(20(16)22)12-18(26)24(3)4/h5-12,19-20H,1-4H3. The van der Waals surface area contributed by atoms with Crippen LogP contribution in [0.3, 0.4) is 0 Å². The smallest absolute Gasteiger partial charge is 0.246 e. The fourth-order valence-electron chi connectivity index (χ4n) is 2.55. The van der Waals surface area contributed by atoms with Crippen LogP contribution in [-0.2, 0) is 19.4 Å². The Morgan fingerprint density at radius 1 is 0.828 bits per heavy atom. The number of carbonyl (C=O) groups is 2. The summed E-state index contributed by atoms with van der Waals surface area (Å²) in [5, 5.41) is 0. The molecule has 0 saturated carbocycles. The molecule has 29 heavy (non-hydrogen) atoms. The molecule has 2 atom stereocenters. The van der Waals surface area contributed by atoms with Crippen LogP contribution < -0.4 is 0 Å². The van der Waals surface area contributed by atoms with Gasteiger partial charge in [-0.15, -0.1) is 0 Å². The van der Waals surface area contributed by atoms with Crippen LogP contribution in [0.5, 0.6) is 0 Å². The molecule has 0 heterocycles. The van der Waals surface area contributed by atoms with Crippen LogP contribution in [-0.4, -0.2) is 67.9 Å². The second-order valence-electron chi connectivity index (χ2n) is 6.84. The van der Waals surface area contributed by atoms with Gasteiger partial charge in [0.2, 0.25) is 21.7 Å². The Hall–Kier alpha value is -1.71. The van der Waals surface area contributed by atoms with Gasteiger partial charge in [-0.3, -0.25) is 9.59 Å². The minimum Gasteiger partial charge on any atom is -0.345 e. The van der Waals surface area contributed by atoms with Crippen LogP contribution in [0, 0.1) is 0 Å². The van der Waals surface area contributed by atoms with Crippen molar-refractivity contribution in [2.75, 3.05) is 28.2 Å². The highest BCUT2D eigenvalue weighted by Crippen LogP contribution is 2.38. The highest BCUT2D eigenvalue weighted by atomic mass is 79.9. The van der Waals surface area contributed by atoms with Crippen LogP contribution in [0.4, 0.5) is 0 Å². The summed E-state index contributed by atoms with van der Waals surface area (Å²) in [6, 6.07) is 0. The number of carbonyl (C=O) groups excluding carboxylic acids is 2. The van der Waals surface area contributed by atoms with Gasteiger partial charge in [0.25, 0.3) is 0 Å². The molecule has 156 valence electrons. The van der Waals surface area contributed by atoms with Crippen LogP contribution in [0.2, 0.25) is 0 Å². The van der Waals surface area contributed by atoms with Crippen LogP contribution >= 0.6 is 31.9 Å². The molecule has 2 unspecified atom stereocenters. The zero-order valence-electron chi connectivity index (χ0n) is 16.5. The lowest BCUT2D eigenvalue weighted by Gasteiger charge is -2.24. The van der Waals surface area contributed by atoms with Gasteiger partial charge in [0.05, 0.1) is 19.5 Å². The van der Waals surface area contributed by atoms with E-state index in [1.807, 2.05) is 0 Å². The monoisotopic (exact) mass is 544 g/mol. The number of hydrogen-bond acceptors (Lipinski definition) is 4. The summed E-state index contributed by atoms with van der Waals surface area (Å²) >= 11 is 6.84. The number of halogens is 2. The molecule has 0 radical (unpaired) electrons. The molecule has 2 rings (SSSR count). The lowest BCUT2D eigenvalue weighted by atomic mass is 10.1. The first-order chi connectivity index (χ1) is 13.5. The lowest BCUT2D eigenvalue weighted by molar-refractivity contribution is -0.124. The topological polar surface area (TPSA) is 74.8 Å². The summed E-state index contributed by atoms with van der Waals surface area (Å²) in [5.74, 6) is -0.475. The largest absolute Gasteiger partial charge is 0.345 e. The Bertz CT molecular complexity index is 925. The number of sulfone groups is 1. The molecule has 0 aromatic carbocycles. The average molecular weight is 546 g/mol. The normalized spacial score (nSPS) is 24.3. The van der Waals surface area contributed by atoms with Gasteiger partial charge < -0.3 is 9.80 Å². The van der Waals surface area contributed by atoms with E-state index in [-0.39, 0.29) is 21.6 Å². The van der Waals surface area contributed by atoms with Gasteiger partial charge >= 0.3 is 0 Å². The zero-order chi connectivity index (χ0) is 21.9. The van der Waals surface area contributed by atoms with Gasteiger partial charge in [-0.25, -0.2) is 8.42 Å². The highest BCUT2D eigenvalue weighted by Gasteiger charge is 2.35. The number of rotatable bonds is 4. The van der Waals surface area contributed by atoms with Crippen molar-refractivity contribution in [2.45, 2.75) is 9.65 Å². The maximum absolute atomic E-state index is 13.4. The molecule has 0 aromatic heterocycles. The maximum Gasteiger partial charge on any atom is 0.246 e. The number of allylic oxidation sites excluding steroid dienone is 10. The van der Waals surface area contributed by atoms with Gasteiger partial charge in [-0.05, 0) is 23.3 Å². The van der Waals surface area contributed by atoms with Crippen molar-refractivity contribution < 1.29 is 18.0 Å². The SMILES string of the molecule is CN(C)C(=O)C=C1C=CC=C(S(=O)(=O)C2=CC=CC(=CC(=O)N(C)C)C2Br)C1Br. The van der Waals surface area contributed by atoms with E-state index >= 15 is 0 Å². The summed E-state index contributed by atoms with van der Waals surface area (Å²) in [5.41, 5.74) is 1.09. The first kappa shape index (κ1) is 23.6. The molecule has 0 spiro atoms. The van der Waals surface area contributed by atoms with Crippen molar-refractivity contribution in [3.63, 3.8) is 0 Å². The van der Waals surface area contributed by atoms with Crippen molar-refractivity contribution in [1.29, 1.82) is 0 Å². The van der Waals surface area contributed by atoms with Crippen molar-refractivity contribution in [1.82, 2.24) is 9.80 Å². The Morgan fingerprint density at radius 2 is 1.17 bits per heavy atom. The third-order valence-corrected chi connectivity index (χ3v) is 8.90. The Balaban J connectivity index is 2.40. The Kier molecular flexibility index (Phi) is 7.64. The quantitative estimate of drug-likeness (QED) is 0.402. The Labute approximate surface area is 188 Å². The van der Waals surface area contributed by atoms with E-state index < -0.39 is 19.5 Å². The van der Waals surface area contributed by atoms with Gasteiger partial charge in [0, 0.05) is 40.3 Å². The molecule has 0 fully saturated rings. The number of alkyl halides is 2. The molecule has 0 aliphatic heterocycles. The lowest BCUT2D eigenvalue weighted by Crippen LogP contribution is -2.26. The molecule has 2 amide bonds. The molecule has 0 saturated heterocycles. The van der Waals surface area contributed by atoms with E-state index in [2.05, 4.69) is 31.9 Å². The number of amides is 2. The van der Waals surface area contributed by atoms with E-state index in [4.69, 9.17) is 0 Å². The summed E-state index contributed by atoms with van der Waals surface area (Å²) in [6.07, 6.45) is 12.4. The minimum atomic E-state index is -3.87. The number of nitrogens with zero attached hydrogens (tertiary/aromatic N) is 2. The maximum atomic E-state index is 13.4. The molecule has 6 nitrogen and oxygen atoms in total. The number of hydrogen-bond donors (Lipinski definition) is 0. The molecule has 0 aromatic rings. The minimum absolute atomic E-state index is 0.127. The first-order valence-corrected chi connectivity index (χ1v) is 11.9. The van der Waals surface area contributed by atoms with E-state index in [1.165, 1.54) is 34.1 Å². The van der Waals surface area contributed by atoms with Gasteiger partial charge in [0.15, 0.2) is 0 Å². The Morgan fingerprint density at radius 3 is 1.48 bits per heavy atom. The van der Waals surface area contributed by atoms with Crippen LogP contribution in [0.25, 0.3) is 0 Å². The molecule has 0 N–H and O–H groups in total. The second kappa shape index (κ2) is 9.40. The third kappa shape index (κ3) is 5.26. The van der Waals surface area contributed by atoms with E-state index in [9.17, 15) is 18.0 Å². The molecule has 2 aliphatic carbocycles. The number of likely N-dealkylation sites (N-methyl/N-ethyl adjacent to an activating group) is 2.